The van der Waals surface area contributed by atoms with Gasteiger partial charge < -0.3 is 4.74 Å². The van der Waals surface area contributed by atoms with E-state index in [-0.39, 0.29) is 23.1 Å². The van der Waals surface area contributed by atoms with Crippen LogP contribution < -0.4 is 4.74 Å². The molecule has 0 fully saturated rings. The van der Waals surface area contributed by atoms with E-state index in [2.05, 4.69) is 9.97 Å². The lowest BCUT2D eigenvalue weighted by Gasteiger charge is -2.12. The first-order valence-electron chi connectivity index (χ1n) is 6.47. The molecule has 22 heavy (non-hydrogen) atoms. The summed E-state index contributed by atoms with van der Waals surface area (Å²) in [5.74, 6) is 0.253. The molecule has 0 radical (unpaired) electrons. The second-order valence-electron chi connectivity index (χ2n) is 4.84. The Kier molecular flexibility index (Phi) is 4.44. The summed E-state index contributed by atoms with van der Waals surface area (Å²) in [6, 6.07) is 5.21. The number of aldehydes is 1. The van der Waals surface area contributed by atoms with E-state index >= 15 is 0 Å². The Balaban J connectivity index is 2.49. The Hall–Kier alpha value is -2.44. The van der Waals surface area contributed by atoms with E-state index < -0.39 is 11.9 Å². The van der Waals surface area contributed by atoms with E-state index in [0.717, 1.165) is 12.3 Å². The Morgan fingerprint density at radius 2 is 1.95 bits per heavy atom. The molecule has 7 heteroatoms. The van der Waals surface area contributed by atoms with Crippen molar-refractivity contribution in [3.8, 4) is 17.1 Å². The van der Waals surface area contributed by atoms with Crippen molar-refractivity contribution >= 4 is 6.29 Å². The smallest absolute Gasteiger partial charge is 0.433 e. The molecule has 1 heterocycles. The van der Waals surface area contributed by atoms with Crippen molar-refractivity contribution in [1.82, 2.24) is 9.97 Å². The molecule has 0 saturated heterocycles. The van der Waals surface area contributed by atoms with Crippen molar-refractivity contribution < 1.29 is 22.7 Å². The zero-order valence-corrected chi connectivity index (χ0v) is 11.9. The molecule has 116 valence electrons. The molecule has 2 rings (SSSR count). The highest BCUT2D eigenvalue weighted by molar-refractivity contribution is 5.79. The maximum atomic E-state index is 12.7. The van der Waals surface area contributed by atoms with Crippen LogP contribution in [0.3, 0.4) is 0 Å². The number of carbonyl (C=O) groups excluding carboxylic acids is 1. The van der Waals surface area contributed by atoms with Crippen LogP contribution in [-0.4, -0.2) is 22.4 Å². The first-order valence-corrected chi connectivity index (χ1v) is 6.47. The van der Waals surface area contributed by atoms with Gasteiger partial charge in [-0.1, -0.05) is 0 Å². The van der Waals surface area contributed by atoms with E-state index in [9.17, 15) is 18.0 Å². The molecule has 1 aromatic carbocycles. The van der Waals surface area contributed by atoms with Gasteiger partial charge in [-0.15, -0.1) is 0 Å². The van der Waals surface area contributed by atoms with Crippen LogP contribution in [-0.2, 0) is 6.18 Å². The van der Waals surface area contributed by atoms with Gasteiger partial charge in [0.25, 0.3) is 0 Å². The Bertz CT molecular complexity index is 685. The molecule has 0 spiro atoms. The van der Waals surface area contributed by atoms with Crippen molar-refractivity contribution in [3.63, 3.8) is 0 Å². The Morgan fingerprint density at radius 3 is 2.55 bits per heavy atom. The van der Waals surface area contributed by atoms with Crippen LogP contribution in [0.25, 0.3) is 11.4 Å². The summed E-state index contributed by atoms with van der Waals surface area (Å²) < 4.78 is 43.6. The summed E-state index contributed by atoms with van der Waals surface area (Å²) in [5, 5.41) is 0. The van der Waals surface area contributed by atoms with E-state index in [1.807, 2.05) is 0 Å². The molecule has 0 aliphatic heterocycles. The number of hydrogen-bond acceptors (Lipinski definition) is 4. The van der Waals surface area contributed by atoms with E-state index in [0.29, 0.717) is 12.0 Å². The third kappa shape index (κ3) is 3.81. The highest BCUT2D eigenvalue weighted by atomic mass is 19.4. The van der Waals surface area contributed by atoms with Gasteiger partial charge in [-0.3, -0.25) is 4.79 Å². The molecule has 0 atom stereocenters. The van der Waals surface area contributed by atoms with Gasteiger partial charge in [0.1, 0.15) is 17.7 Å². The summed E-state index contributed by atoms with van der Waals surface area (Å²) in [4.78, 5) is 18.3. The highest BCUT2D eigenvalue weighted by Crippen LogP contribution is 2.30. The summed E-state index contributed by atoms with van der Waals surface area (Å²) in [6.45, 7) is 3.60. The van der Waals surface area contributed by atoms with Crippen LogP contribution in [0.1, 0.15) is 29.9 Å². The van der Waals surface area contributed by atoms with Gasteiger partial charge in [-0.2, -0.15) is 13.2 Å². The average molecular weight is 310 g/mol. The van der Waals surface area contributed by atoms with Crippen molar-refractivity contribution in [2.24, 2.45) is 0 Å². The summed E-state index contributed by atoms with van der Waals surface area (Å²) in [5.41, 5.74) is -0.485. The standard InChI is InChI=1S/C15H13F3N2O2/c1-9(2)22-12-6-10(8-21)5-11(7-12)14-19-4-3-13(20-14)15(16,17)18/h3-9H,1-2H3. The molecule has 0 unspecified atom stereocenters. The molecule has 0 aliphatic rings. The minimum absolute atomic E-state index is 0.118. The van der Waals surface area contributed by atoms with Gasteiger partial charge in [0.15, 0.2) is 5.82 Å². The van der Waals surface area contributed by atoms with E-state index in [1.165, 1.54) is 18.2 Å². The van der Waals surface area contributed by atoms with Gasteiger partial charge in [0.2, 0.25) is 0 Å². The number of aromatic nitrogens is 2. The number of benzene rings is 1. The second kappa shape index (κ2) is 6.13. The number of alkyl halides is 3. The first-order chi connectivity index (χ1) is 10.3. The van der Waals surface area contributed by atoms with Crippen LogP contribution in [0, 0.1) is 0 Å². The molecule has 4 nitrogen and oxygen atoms in total. The average Bonchev–Trinajstić information content (AvgIpc) is 2.45. The lowest BCUT2D eigenvalue weighted by atomic mass is 10.1. The SMILES string of the molecule is CC(C)Oc1cc(C=O)cc(-c2nccc(C(F)(F)F)n2)c1. The largest absolute Gasteiger partial charge is 0.491 e. The number of nitrogens with zero attached hydrogens (tertiary/aromatic N) is 2. The normalized spacial score (nSPS) is 11.5. The van der Waals surface area contributed by atoms with E-state index in [1.54, 1.807) is 13.8 Å². The molecule has 0 amide bonds. The highest BCUT2D eigenvalue weighted by Gasteiger charge is 2.32. The maximum Gasteiger partial charge on any atom is 0.433 e. The van der Waals surface area contributed by atoms with Gasteiger partial charge in [-0.25, -0.2) is 9.97 Å². The molecule has 0 saturated carbocycles. The fourth-order valence-electron chi connectivity index (χ4n) is 1.82. The predicted molar refractivity (Wildman–Crippen MR) is 73.6 cm³/mol. The first kappa shape index (κ1) is 15.9. The maximum absolute atomic E-state index is 12.7. The van der Waals surface area contributed by atoms with Crippen LogP contribution >= 0.6 is 0 Å². The van der Waals surface area contributed by atoms with Gasteiger partial charge in [-0.05, 0) is 38.1 Å². The monoisotopic (exact) mass is 310 g/mol. The third-order valence-electron chi connectivity index (χ3n) is 2.64. The van der Waals surface area contributed by atoms with Gasteiger partial charge in [0, 0.05) is 17.3 Å². The third-order valence-corrected chi connectivity index (χ3v) is 2.64. The summed E-state index contributed by atoms with van der Waals surface area (Å²) in [7, 11) is 0. The summed E-state index contributed by atoms with van der Waals surface area (Å²) in [6.07, 6.45) is -3.08. The van der Waals surface area contributed by atoms with Crippen LogP contribution in [0.2, 0.25) is 0 Å². The lowest BCUT2D eigenvalue weighted by molar-refractivity contribution is -0.141. The second-order valence-corrected chi connectivity index (χ2v) is 4.84. The topological polar surface area (TPSA) is 52.1 Å². The molecule has 0 bridgehead atoms. The number of carbonyl (C=O) groups is 1. The number of halogens is 3. The molecule has 0 N–H and O–H groups in total. The fraction of sp³-hybridized carbons (Fsp3) is 0.267. The van der Waals surface area contributed by atoms with Crippen molar-refractivity contribution in [2.45, 2.75) is 26.1 Å². The summed E-state index contributed by atoms with van der Waals surface area (Å²) >= 11 is 0. The number of hydrogen-bond donors (Lipinski definition) is 0. The molecule has 1 aromatic heterocycles. The van der Waals surface area contributed by atoms with Crippen LogP contribution in [0.5, 0.6) is 5.75 Å². The minimum Gasteiger partial charge on any atom is -0.491 e. The Morgan fingerprint density at radius 1 is 1.23 bits per heavy atom. The zero-order chi connectivity index (χ0) is 16.3. The molecule has 0 aliphatic carbocycles. The van der Waals surface area contributed by atoms with Crippen LogP contribution in [0.15, 0.2) is 30.5 Å². The van der Waals surface area contributed by atoms with E-state index in [4.69, 9.17) is 4.74 Å². The number of rotatable bonds is 4. The number of ether oxygens (including phenoxy) is 1. The van der Waals surface area contributed by atoms with Crippen molar-refractivity contribution in [3.05, 3.63) is 41.7 Å². The van der Waals surface area contributed by atoms with Crippen molar-refractivity contribution in [1.29, 1.82) is 0 Å². The zero-order valence-electron chi connectivity index (χ0n) is 11.9. The molecular weight excluding hydrogens is 297 g/mol. The quantitative estimate of drug-likeness (QED) is 0.807. The molecular formula is C15H13F3N2O2. The minimum atomic E-state index is -4.56. The lowest BCUT2D eigenvalue weighted by Crippen LogP contribution is -2.09. The Labute approximate surface area is 125 Å². The van der Waals surface area contributed by atoms with Crippen LogP contribution in [0.4, 0.5) is 13.2 Å². The van der Waals surface area contributed by atoms with Gasteiger partial charge in [0.05, 0.1) is 6.10 Å². The predicted octanol–water partition coefficient (Wildman–Crippen LogP) is 3.76. The van der Waals surface area contributed by atoms with Gasteiger partial charge >= 0.3 is 6.18 Å². The fourth-order valence-corrected chi connectivity index (χ4v) is 1.82. The van der Waals surface area contributed by atoms with Crippen molar-refractivity contribution in [2.75, 3.05) is 0 Å². The molecule has 2 aromatic rings.